The van der Waals surface area contributed by atoms with Gasteiger partial charge in [0.25, 0.3) is 0 Å². The molecule has 0 saturated carbocycles. The molecular weight excluding hydrogens is 152 g/mol. The Morgan fingerprint density at radius 2 is 2.33 bits per heavy atom. The van der Waals surface area contributed by atoms with Gasteiger partial charge in [-0.15, -0.1) is 0 Å². The summed E-state index contributed by atoms with van der Waals surface area (Å²) in [6, 6.07) is 2.55. The Kier molecular flexibility index (Phi) is 3.51. The Bertz CT molecular complexity index is 176. The summed E-state index contributed by atoms with van der Waals surface area (Å²) in [4.78, 5) is 0. The molecule has 0 aromatic rings. The Balaban J connectivity index is 2.21. The molecule has 0 spiro atoms. The highest BCUT2D eigenvalue weighted by atomic mass is 16.5. The second kappa shape index (κ2) is 4.44. The lowest BCUT2D eigenvalue weighted by Gasteiger charge is -2.15. The molecule has 1 aliphatic rings. The van der Waals surface area contributed by atoms with E-state index in [1.807, 2.05) is 0 Å². The molecule has 3 unspecified atom stereocenters. The highest BCUT2D eigenvalue weighted by molar-refractivity contribution is 4.84. The van der Waals surface area contributed by atoms with Crippen molar-refractivity contribution >= 4 is 0 Å². The maximum absolute atomic E-state index is 8.34. The van der Waals surface area contributed by atoms with Crippen LogP contribution in [0.2, 0.25) is 0 Å². The number of nitrogens with zero attached hydrogens (tertiary/aromatic N) is 1. The van der Waals surface area contributed by atoms with Gasteiger partial charge < -0.3 is 10.1 Å². The molecule has 0 radical (unpaired) electrons. The summed E-state index contributed by atoms with van der Waals surface area (Å²) >= 11 is 0. The molecule has 0 bridgehead atoms. The molecule has 3 heteroatoms. The van der Waals surface area contributed by atoms with E-state index in [1.165, 1.54) is 0 Å². The zero-order valence-electron chi connectivity index (χ0n) is 7.71. The molecule has 1 rings (SSSR count). The van der Waals surface area contributed by atoms with Crippen molar-refractivity contribution in [3.63, 3.8) is 0 Å². The molecule has 0 aliphatic carbocycles. The maximum Gasteiger partial charge on any atom is 0.0635 e. The van der Waals surface area contributed by atoms with Crippen LogP contribution in [0.3, 0.4) is 0 Å². The number of nitriles is 1. The first-order valence-electron chi connectivity index (χ1n) is 4.47. The molecule has 3 atom stereocenters. The topological polar surface area (TPSA) is 45.0 Å². The molecule has 12 heavy (non-hydrogen) atoms. The van der Waals surface area contributed by atoms with E-state index in [0.717, 1.165) is 13.2 Å². The minimum atomic E-state index is 0.351. The lowest BCUT2D eigenvalue weighted by atomic mass is 10.0. The lowest BCUT2D eigenvalue weighted by molar-refractivity contribution is 0.108. The summed E-state index contributed by atoms with van der Waals surface area (Å²) in [5.74, 6) is 0.559. The Labute approximate surface area is 73.7 Å². The van der Waals surface area contributed by atoms with Gasteiger partial charge in [-0.3, -0.25) is 0 Å². The zero-order chi connectivity index (χ0) is 8.97. The highest BCUT2D eigenvalue weighted by Crippen LogP contribution is 2.19. The van der Waals surface area contributed by atoms with Crippen LogP contribution in [0.5, 0.6) is 0 Å². The van der Waals surface area contributed by atoms with E-state index in [9.17, 15) is 0 Å². The quantitative estimate of drug-likeness (QED) is 0.637. The molecule has 1 N–H and O–H groups in total. The SMILES string of the molecule is CC1OCC(NCCC#N)C1C. The van der Waals surface area contributed by atoms with Crippen molar-refractivity contribution in [1.29, 1.82) is 5.26 Å². The van der Waals surface area contributed by atoms with Crippen molar-refractivity contribution in [3.05, 3.63) is 0 Å². The number of hydrogen-bond donors (Lipinski definition) is 1. The van der Waals surface area contributed by atoms with Crippen LogP contribution in [0.1, 0.15) is 20.3 Å². The van der Waals surface area contributed by atoms with Crippen LogP contribution in [0, 0.1) is 17.2 Å². The molecule has 1 heterocycles. The predicted octanol–water partition coefficient (Wildman–Crippen LogP) is 0.913. The molecule has 68 valence electrons. The number of hydrogen-bond acceptors (Lipinski definition) is 3. The third-order valence-corrected chi connectivity index (χ3v) is 2.56. The van der Waals surface area contributed by atoms with Crippen LogP contribution < -0.4 is 5.32 Å². The van der Waals surface area contributed by atoms with Gasteiger partial charge >= 0.3 is 0 Å². The van der Waals surface area contributed by atoms with E-state index in [4.69, 9.17) is 10.00 Å². The standard InChI is InChI=1S/C9H16N2O/c1-7-8(2)12-6-9(7)11-5-3-4-10/h7-9,11H,3,5-6H2,1-2H3. The fourth-order valence-corrected chi connectivity index (χ4v) is 1.44. The lowest BCUT2D eigenvalue weighted by Crippen LogP contribution is -2.35. The van der Waals surface area contributed by atoms with Crippen molar-refractivity contribution in [2.45, 2.75) is 32.4 Å². The van der Waals surface area contributed by atoms with Crippen LogP contribution in [0.4, 0.5) is 0 Å². The van der Waals surface area contributed by atoms with Crippen LogP contribution in [-0.2, 0) is 4.74 Å². The van der Waals surface area contributed by atoms with Crippen LogP contribution in [0.15, 0.2) is 0 Å². The molecule has 1 fully saturated rings. The van der Waals surface area contributed by atoms with E-state index in [0.29, 0.717) is 24.5 Å². The largest absolute Gasteiger partial charge is 0.377 e. The average Bonchev–Trinajstić information content (AvgIpc) is 2.36. The van der Waals surface area contributed by atoms with Gasteiger partial charge in [0, 0.05) is 19.0 Å². The van der Waals surface area contributed by atoms with E-state index in [2.05, 4.69) is 25.2 Å². The first-order valence-corrected chi connectivity index (χ1v) is 4.47. The zero-order valence-corrected chi connectivity index (χ0v) is 7.71. The summed E-state index contributed by atoms with van der Waals surface area (Å²) in [5, 5.41) is 11.7. The molecule has 0 aromatic heterocycles. The van der Waals surface area contributed by atoms with E-state index >= 15 is 0 Å². The second-order valence-electron chi connectivity index (χ2n) is 3.37. The van der Waals surface area contributed by atoms with Crippen LogP contribution >= 0.6 is 0 Å². The maximum atomic E-state index is 8.34. The molecular formula is C9H16N2O. The number of ether oxygens (including phenoxy) is 1. The van der Waals surface area contributed by atoms with Crippen molar-refractivity contribution in [2.75, 3.05) is 13.2 Å². The van der Waals surface area contributed by atoms with E-state index in [-0.39, 0.29) is 0 Å². The Hall–Kier alpha value is -0.590. The third-order valence-electron chi connectivity index (χ3n) is 2.56. The smallest absolute Gasteiger partial charge is 0.0635 e. The predicted molar refractivity (Wildman–Crippen MR) is 46.6 cm³/mol. The molecule has 1 aliphatic heterocycles. The monoisotopic (exact) mass is 168 g/mol. The van der Waals surface area contributed by atoms with Gasteiger partial charge in [-0.1, -0.05) is 6.92 Å². The van der Waals surface area contributed by atoms with Gasteiger partial charge in [0.1, 0.15) is 0 Å². The molecule has 0 amide bonds. The van der Waals surface area contributed by atoms with Crippen molar-refractivity contribution in [2.24, 2.45) is 5.92 Å². The van der Waals surface area contributed by atoms with Crippen LogP contribution in [0.25, 0.3) is 0 Å². The number of nitrogens with one attached hydrogen (secondary N) is 1. The molecule has 3 nitrogen and oxygen atoms in total. The highest BCUT2D eigenvalue weighted by Gasteiger charge is 2.29. The van der Waals surface area contributed by atoms with Gasteiger partial charge in [0.15, 0.2) is 0 Å². The minimum absolute atomic E-state index is 0.351. The summed E-state index contributed by atoms with van der Waals surface area (Å²) in [5.41, 5.74) is 0. The summed E-state index contributed by atoms with van der Waals surface area (Å²) in [7, 11) is 0. The second-order valence-corrected chi connectivity index (χ2v) is 3.37. The van der Waals surface area contributed by atoms with E-state index < -0.39 is 0 Å². The van der Waals surface area contributed by atoms with Crippen molar-refractivity contribution in [3.8, 4) is 6.07 Å². The average molecular weight is 168 g/mol. The Morgan fingerprint density at radius 3 is 2.83 bits per heavy atom. The summed E-state index contributed by atoms with van der Waals surface area (Å²) in [6.07, 6.45) is 0.932. The van der Waals surface area contributed by atoms with Gasteiger partial charge in [0.05, 0.1) is 18.8 Å². The Morgan fingerprint density at radius 1 is 1.58 bits per heavy atom. The van der Waals surface area contributed by atoms with Crippen LogP contribution in [-0.4, -0.2) is 25.3 Å². The fourth-order valence-electron chi connectivity index (χ4n) is 1.44. The molecule has 0 aromatic carbocycles. The number of rotatable bonds is 3. The van der Waals surface area contributed by atoms with E-state index in [1.54, 1.807) is 0 Å². The first-order chi connectivity index (χ1) is 5.75. The van der Waals surface area contributed by atoms with Gasteiger partial charge in [-0.25, -0.2) is 0 Å². The van der Waals surface area contributed by atoms with Gasteiger partial charge in [0.2, 0.25) is 0 Å². The van der Waals surface area contributed by atoms with Gasteiger partial charge in [-0.05, 0) is 12.8 Å². The molecule has 1 saturated heterocycles. The first kappa shape index (κ1) is 9.50. The minimum Gasteiger partial charge on any atom is -0.377 e. The van der Waals surface area contributed by atoms with Crippen molar-refractivity contribution < 1.29 is 4.74 Å². The normalized spacial score (nSPS) is 34.9. The van der Waals surface area contributed by atoms with Crippen molar-refractivity contribution in [1.82, 2.24) is 5.32 Å². The van der Waals surface area contributed by atoms with Gasteiger partial charge in [-0.2, -0.15) is 5.26 Å². The third kappa shape index (κ3) is 2.20. The summed E-state index contributed by atoms with van der Waals surface area (Å²) < 4.78 is 5.46. The summed E-state index contributed by atoms with van der Waals surface area (Å²) in [6.45, 7) is 5.84. The fraction of sp³-hybridized carbons (Fsp3) is 0.889.